The molecule has 1 saturated carbocycles. The number of ether oxygens (including phenoxy) is 2. The smallest absolute Gasteiger partial charge is 0.228 e. The van der Waals surface area contributed by atoms with Gasteiger partial charge in [0.15, 0.2) is 5.78 Å². The molecule has 0 heterocycles. The molecular formula is C22H25NO4. The van der Waals surface area contributed by atoms with Gasteiger partial charge in [0.2, 0.25) is 5.91 Å². The average molecular weight is 367 g/mol. The highest BCUT2D eigenvalue weighted by atomic mass is 16.5. The number of hydrogen-bond donors (Lipinski definition) is 1. The van der Waals surface area contributed by atoms with Gasteiger partial charge in [-0.15, -0.1) is 0 Å². The second-order valence-corrected chi connectivity index (χ2v) is 6.86. The van der Waals surface area contributed by atoms with Crippen LogP contribution < -0.4 is 14.8 Å². The quantitative estimate of drug-likeness (QED) is 0.737. The molecule has 0 aliphatic heterocycles. The molecule has 1 aliphatic rings. The molecule has 1 N–H and O–H groups in total. The van der Waals surface area contributed by atoms with Crippen LogP contribution >= 0.6 is 0 Å². The first kappa shape index (κ1) is 19.0. The fourth-order valence-electron chi connectivity index (χ4n) is 3.33. The Kier molecular flexibility index (Phi) is 6.12. The van der Waals surface area contributed by atoms with Gasteiger partial charge in [0.05, 0.1) is 19.6 Å². The van der Waals surface area contributed by atoms with Crippen LogP contribution in [0.2, 0.25) is 0 Å². The Hall–Kier alpha value is -2.82. The molecule has 0 unspecified atom stereocenters. The molecule has 1 fully saturated rings. The van der Waals surface area contributed by atoms with E-state index in [1.54, 1.807) is 25.3 Å². The zero-order chi connectivity index (χ0) is 19.2. The van der Waals surface area contributed by atoms with E-state index in [1.807, 2.05) is 24.3 Å². The molecule has 0 saturated heterocycles. The van der Waals surface area contributed by atoms with E-state index in [2.05, 4.69) is 5.32 Å². The van der Waals surface area contributed by atoms with Gasteiger partial charge in [-0.2, -0.15) is 0 Å². The van der Waals surface area contributed by atoms with E-state index in [0.29, 0.717) is 28.7 Å². The summed E-state index contributed by atoms with van der Waals surface area (Å²) in [4.78, 5) is 24.0. The summed E-state index contributed by atoms with van der Waals surface area (Å²) in [6.45, 7) is 1.50. The number of carbonyl (C=O) groups excluding carboxylic acids is 2. The van der Waals surface area contributed by atoms with E-state index in [4.69, 9.17) is 9.47 Å². The van der Waals surface area contributed by atoms with Gasteiger partial charge < -0.3 is 14.8 Å². The van der Waals surface area contributed by atoms with Gasteiger partial charge in [0.25, 0.3) is 0 Å². The molecule has 0 radical (unpaired) electrons. The van der Waals surface area contributed by atoms with Gasteiger partial charge in [-0.1, -0.05) is 0 Å². The predicted molar refractivity (Wildman–Crippen MR) is 105 cm³/mol. The zero-order valence-corrected chi connectivity index (χ0v) is 15.8. The van der Waals surface area contributed by atoms with E-state index in [1.165, 1.54) is 19.8 Å². The fourth-order valence-corrected chi connectivity index (χ4v) is 3.33. The number of nitrogens with one attached hydrogen (secondary N) is 1. The second-order valence-electron chi connectivity index (χ2n) is 6.86. The van der Waals surface area contributed by atoms with Crippen LogP contribution in [0.3, 0.4) is 0 Å². The highest BCUT2D eigenvalue weighted by molar-refractivity contribution is 5.96. The van der Waals surface area contributed by atoms with E-state index in [-0.39, 0.29) is 18.1 Å². The Balaban J connectivity index is 1.62. The molecule has 142 valence electrons. The summed E-state index contributed by atoms with van der Waals surface area (Å²) < 4.78 is 11.2. The number of carbonyl (C=O) groups is 2. The number of hydrogen-bond acceptors (Lipinski definition) is 4. The van der Waals surface area contributed by atoms with Crippen LogP contribution in [0.1, 0.15) is 48.5 Å². The van der Waals surface area contributed by atoms with Crippen molar-refractivity contribution in [2.24, 2.45) is 0 Å². The number of anilines is 1. The maximum Gasteiger partial charge on any atom is 0.228 e. The predicted octanol–water partition coefficient (Wildman–Crippen LogP) is 4.40. The van der Waals surface area contributed by atoms with Crippen molar-refractivity contribution < 1.29 is 19.1 Å². The molecule has 2 aromatic carbocycles. The molecule has 0 bridgehead atoms. The first-order chi connectivity index (χ1) is 13.0. The largest absolute Gasteiger partial charge is 0.496 e. The molecule has 0 atom stereocenters. The normalized spacial score (nSPS) is 14.0. The molecule has 0 aromatic heterocycles. The maximum absolute atomic E-state index is 12.4. The van der Waals surface area contributed by atoms with Gasteiger partial charge in [-0.3, -0.25) is 9.59 Å². The summed E-state index contributed by atoms with van der Waals surface area (Å²) in [6.07, 6.45) is 5.12. The lowest BCUT2D eigenvalue weighted by Gasteiger charge is -2.14. The van der Waals surface area contributed by atoms with Crippen molar-refractivity contribution >= 4 is 17.4 Å². The summed E-state index contributed by atoms with van der Waals surface area (Å²) in [7, 11) is 1.55. The van der Waals surface area contributed by atoms with Crippen molar-refractivity contribution in [3.63, 3.8) is 0 Å². The Bertz CT molecular complexity index is 808. The monoisotopic (exact) mass is 367 g/mol. The average Bonchev–Trinajstić information content (AvgIpc) is 3.16. The van der Waals surface area contributed by atoms with Crippen LogP contribution in [0.5, 0.6) is 11.5 Å². The third-order valence-electron chi connectivity index (χ3n) is 4.78. The number of Topliss-reactive ketones (excluding diaryl/α,β-unsaturated/α-hetero) is 1. The Morgan fingerprint density at radius 1 is 1.07 bits per heavy atom. The fraction of sp³-hybridized carbons (Fsp3) is 0.364. The van der Waals surface area contributed by atoms with Crippen LogP contribution in [0.4, 0.5) is 5.69 Å². The minimum atomic E-state index is -0.168. The van der Waals surface area contributed by atoms with Gasteiger partial charge in [-0.25, -0.2) is 0 Å². The maximum atomic E-state index is 12.4. The summed E-state index contributed by atoms with van der Waals surface area (Å²) in [5, 5.41) is 2.88. The van der Waals surface area contributed by atoms with Crippen molar-refractivity contribution in [2.45, 2.75) is 45.1 Å². The van der Waals surface area contributed by atoms with Gasteiger partial charge >= 0.3 is 0 Å². The zero-order valence-electron chi connectivity index (χ0n) is 15.8. The molecule has 3 rings (SSSR count). The van der Waals surface area contributed by atoms with E-state index in [9.17, 15) is 9.59 Å². The molecule has 27 heavy (non-hydrogen) atoms. The van der Waals surface area contributed by atoms with Crippen molar-refractivity contribution in [1.29, 1.82) is 0 Å². The number of rotatable bonds is 7. The Morgan fingerprint density at radius 3 is 2.41 bits per heavy atom. The molecule has 1 amide bonds. The van der Waals surface area contributed by atoms with Crippen LogP contribution in [0, 0.1) is 0 Å². The number of benzene rings is 2. The van der Waals surface area contributed by atoms with Crippen LogP contribution in [0.15, 0.2) is 42.5 Å². The minimum absolute atomic E-state index is 0.0443. The highest BCUT2D eigenvalue weighted by Gasteiger charge is 2.16. The summed E-state index contributed by atoms with van der Waals surface area (Å²) in [6, 6.07) is 12.6. The van der Waals surface area contributed by atoms with Gasteiger partial charge in [-0.05, 0) is 75.1 Å². The number of amides is 1. The Morgan fingerprint density at radius 2 is 1.78 bits per heavy atom. The first-order valence-corrected chi connectivity index (χ1v) is 9.29. The van der Waals surface area contributed by atoms with Crippen molar-refractivity contribution in [3.8, 4) is 11.5 Å². The van der Waals surface area contributed by atoms with Crippen LogP contribution in [0.25, 0.3) is 0 Å². The summed E-state index contributed by atoms with van der Waals surface area (Å²) in [5.74, 6) is 1.21. The lowest BCUT2D eigenvalue weighted by atomic mass is 10.0. The van der Waals surface area contributed by atoms with Gasteiger partial charge in [0, 0.05) is 16.8 Å². The molecule has 5 nitrogen and oxygen atoms in total. The molecule has 2 aromatic rings. The topological polar surface area (TPSA) is 64.6 Å². The van der Waals surface area contributed by atoms with Crippen molar-refractivity contribution in [2.75, 3.05) is 12.4 Å². The third kappa shape index (κ3) is 5.09. The van der Waals surface area contributed by atoms with Crippen LogP contribution in [-0.4, -0.2) is 24.9 Å². The van der Waals surface area contributed by atoms with Crippen LogP contribution in [-0.2, 0) is 11.2 Å². The summed E-state index contributed by atoms with van der Waals surface area (Å²) in [5.41, 5.74) is 1.95. The van der Waals surface area contributed by atoms with Crippen molar-refractivity contribution in [1.82, 2.24) is 0 Å². The van der Waals surface area contributed by atoms with Crippen molar-refractivity contribution in [3.05, 3.63) is 53.6 Å². The molecule has 0 spiro atoms. The second kappa shape index (κ2) is 8.71. The van der Waals surface area contributed by atoms with E-state index >= 15 is 0 Å². The molecular weight excluding hydrogens is 342 g/mol. The number of ketones is 1. The standard InChI is InChI=1S/C22H25NO4/c1-15(24)16-7-12-21(26-2)17(13-16)14-22(25)23-18-8-10-20(11-9-18)27-19-5-3-4-6-19/h7-13,19H,3-6,14H2,1-2H3,(H,23,25). The molecule has 5 heteroatoms. The third-order valence-corrected chi connectivity index (χ3v) is 4.78. The lowest BCUT2D eigenvalue weighted by molar-refractivity contribution is -0.115. The van der Waals surface area contributed by atoms with Gasteiger partial charge in [0.1, 0.15) is 11.5 Å². The van der Waals surface area contributed by atoms with E-state index < -0.39 is 0 Å². The summed E-state index contributed by atoms with van der Waals surface area (Å²) >= 11 is 0. The molecule has 1 aliphatic carbocycles. The lowest BCUT2D eigenvalue weighted by Crippen LogP contribution is -2.15. The number of methoxy groups -OCH3 is 1. The first-order valence-electron chi connectivity index (χ1n) is 9.29. The minimum Gasteiger partial charge on any atom is -0.496 e. The highest BCUT2D eigenvalue weighted by Crippen LogP contribution is 2.25. The van der Waals surface area contributed by atoms with E-state index in [0.717, 1.165) is 18.6 Å². The Labute approximate surface area is 159 Å². The SMILES string of the molecule is COc1ccc(C(C)=O)cc1CC(=O)Nc1ccc(OC2CCCC2)cc1.